The number of halogens is 5. The third-order valence-electron chi connectivity index (χ3n) is 8.10. The summed E-state index contributed by atoms with van der Waals surface area (Å²) in [4.78, 5) is 0. The van der Waals surface area contributed by atoms with Crippen LogP contribution in [0.15, 0.2) is 162 Å². The molecule has 1 aromatic heterocycles. The molecule has 0 aliphatic heterocycles. The van der Waals surface area contributed by atoms with Gasteiger partial charge in [0, 0.05) is 28.6 Å². The molecule has 6 rings (SSSR count). The minimum Gasteiger partial charge on any atom is -0.418 e. The van der Waals surface area contributed by atoms with Crippen LogP contribution in [0.3, 0.4) is 0 Å². The first-order valence-corrected chi connectivity index (χ1v) is 17.2. The molecular weight excluding hydrogens is 685 g/mol. The van der Waals surface area contributed by atoms with E-state index in [1.807, 2.05) is 0 Å². The molecule has 0 aliphatic carbocycles. The standard InChI is InChI=1S/C42H37BrN.BF4/c1-2-3-13-28-44-29-27-37(31-40(44)38-21-14-22-39(43)30-38)32-23-25-36(26-24-32)42(35-19-11-6-12-20-35)41(33-15-7-4-8-16-33)34-17-9-5-10-18-34;2-1(3,4)5/h4-12,14-27,29-31H,2-3,13,28H2,1H3;/q+1;-1. The molecule has 0 fully saturated rings. The summed E-state index contributed by atoms with van der Waals surface area (Å²) in [7, 11) is -6.00. The van der Waals surface area contributed by atoms with E-state index in [4.69, 9.17) is 0 Å². The molecule has 7 heteroatoms. The highest BCUT2D eigenvalue weighted by Crippen LogP contribution is 2.37. The number of hydrogen-bond acceptors (Lipinski definition) is 0. The van der Waals surface area contributed by atoms with Gasteiger partial charge in [0.25, 0.3) is 0 Å². The number of rotatable bonds is 10. The number of unbranched alkanes of at least 4 members (excludes halogenated alkanes) is 2. The minimum atomic E-state index is -6.00. The Bertz CT molecular complexity index is 1910. The van der Waals surface area contributed by atoms with Crippen LogP contribution in [0.2, 0.25) is 0 Å². The van der Waals surface area contributed by atoms with E-state index in [-0.39, 0.29) is 0 Å². The molecule has 0 saturated heterocycles. The van der Waals surface area contributed by atoms with Gasteiger partial charge in [-0.3, -0.25) is 0 Å². The second-order valence-electron chi connectivity index (χ2n) is 11.6. The Morgan fingerprint density at radius 1 is 0.531 bits per heavy atom. The molecule has 248 valence electrons. The van der Waals surface area contributed by atoms with Crippen LogP contribution >= 0.6 is 15.9 Å². The normalized spacial score (nSPS) is 11.0. The van der Waals surface area contributed by atoms with Gasteiger partial charge < -0.3 is 17.3 Å². The van der Waals surface area contributed by atoms with Gasteiger partial charge in [0.15, 0.2) is 6.20 Å². The van der Waals surface area contributed by atoms with E-state index >= 15 is 0 Å². The average molecular weight is 722 g/mol. The van der Waals surface area contributed by atoms with Gasteiger partial charge in [-0.1, -0.05) is 151 Å². The number of hydrogen-bond donors (Lipinski definition) is 0. The van der Waals surface area contributed by atoms with E-state index in [0.29, 0.717) is 0 Å². The van der Waals surface area contributed by atoms with Crippen molar-refractivity contribution in [2.24, 2.45) is 0 Å². The van der Waals surface area contributed by atoms with Crippen molar-refractivity contribution in [1.82, 2.24) is 0 Å². The Labute approximate surface area is 294 Å². The quantitative estimate of drug-likeness (QED) is 0.0436. The van der Waals surface area contributed by atoms with Crippen molar-refractivity contribution in [3.63, 3.8) is 0 Å². The summed E-state index contributed by atoms with van der Waals surface area (Å²) < 4.78 is 42.5. The Morgan fingerprint density at radius 2 is 1.02 bits per heavy atom. The van der Waals surface area contributed by atoms with Crippen LogP contribution in [0.5, 0.6) is 0 Å². The van der Waals surface area contributed by atoms with Crippen molar-refractivity contribution in [2.75, 3.05) is 0 Å². The van der Waals surface area contributed by atoms with Crippen molar-refractivity contribution < 1.29 is 21.8 Å². The summed E-state index contributed by atoms with van der Waals surface area (Å²) in [6.07, 6.45) is 5.88. The van der Waals surface area contributed by atoms with Crippen LogP contribution in [0.4, 0.5) is 17.3 Å². The summed E-state index contributed by atoms with van der Waals surface area (Å²) in [6, 6.07) is 54.6. The predicted octanol–water partition coefficient (Wildman–Crippen LogP) is 12.6. The lowest BCUT2D eigenvalue weighted by atomic mass is 9.85. The summed E-state index contributed by atoms with van der Waals surface area (Å²) in [6.45, 7) is 3.27. The van der Waals surface area contributed by atoms with E-state index in [1.165, 1.54) is 75.0 Å². The first-order valence-electron chi connectivity index (χ1n) is 16.4. The lowest BCUT2D eigenvalue weighted by Crippen LogP contribution is -2.36. The van der Waals surface area contributed by atoms with Gasteiger partial charge in [0.05, 0.1) is 0 Å². The Balaban J connectivity index is 0.000000874. The van der Waals surface area contributed by atoms with E-state index in [2.05, 4.69) is 185 Å². The second-order valence-corrected chi connectivity index (χ2v) is 12.5. The number of aromatic nitrogens is 1. The third kappa shape index (κ3) is 10.1. The van der Waals surface area contributed by atoms with Gasteiger partial charge in [-0.25, -0.2) is 0 Å². The highest BCUT2D eigenvalue weighted by molar-refractivity contribution is 9.10. The van der Waals surface area contributed by atoms with Gasteiger partial charge in [-0.15, -0.1) is 0 Å². The average Bonchev–Trinajstić information content (AvgIpc) is 3.11. The zero-order valence-electron chi connectivity index (χ0n) is 27.3. The van der Waals surface area contributed by atoms with Gasteiger partial charge >= 0.3 is 7.25 Å². The van der Waals surface area contributed by atoms with Gasteiger partial charge in [0.1, 0.15) is 6.54 Å². The SMILES string of the molecule is CCCCC[n+]1ccc(-c2ccc(C(=C(c3ccccc3)c3ccccc3)c3ccccc3)cc2)cc1-c1cccc(Br)c1.F[B-](F)(F)F. The molecule has 0 N–H and O–H groups in total. The largest absolute Gasteiger partial charge is 0.673 e. The van der Waals surface area contributed by atoms with E-state index in [9.17, 15) is 17.3 Å². The summed E-state index contributed by atoms with van der Waals surface area (Å²) in [5, 5.41) is 0. The molecule has 0 unspecified atom stereocenters. The van der Waals surface area contributed by atoms with Gasteiger partial charge in [-0.05, 0) is 69.1 Å². The van der Waals surface area contributed by atoms with Crippen LogP contribution in [-0.2, 0) is 6.54 Å². The van der Waals surface area contributed by atoms with Crippen molar-refractivity contribution >= 4 is 34.3 Å². The Hall–Kier alpha value is -4.75. The molecule has 0 radical (unpaired) electrons. The van der Waals surface area contributed by atoms with Crippen LogP contribution in [-0.4, -0.2) is 7.25 Å². The molecule has 0 saturated carbocycles. The van der Waals surface area contributed by atoms with Crippen LogP contribution < -0.4 is 4.57 Å². The van der Waals surface area contributed by atoms with Crippen LogP contribution in [0, 0.1) is 0 Å². The number of benzene rings is 5. The molecule has 0 atom stereocenters. The topological polar surface area (TPSA) is 3.88 Å². The second kappa shape index (κ2) is 17.1. The van der Waals surface area contributed by atoms with Crippen LogP contribution in [0.25, 0.3) is 33.5 Å². The van der Waals surface area contributed by atoms with Gasteiger partial charge in [-0.2, -0.15) is 4.57 Å². The zero-order valence-corrected chi connectivity index (χ0v) is 28.8. The number of aryl methyl sites for hydroxylation is 1. The maximum absolute atomic E-state index is 9.75. The molecule has 0 aliphatic rings. The van der Waals surface area contributed by atoms with Crippen molar-refractivity contribution in [1.29, 1.82) is 0 Å². The van der Waals surface area contributed by atoms with E-state index in [0.717, 1.165) is 11.0 Å². The predicted molar refractivity (Wildman–Crippen MR) is 199 cm³/mol. The first-order chi connectivity index (χ1) is 23.7. The smallest absolute Gasteiger partial charge is 0.418 e. The summed E-state index contributed by atoms with van der Waals surface area (Å²) in [5.41, 5.74) is 12.2. The van der Waals surface area contributed by atoms with Crippen molar-refractivity contribution in [3.8, 4) is 22.4 Å². The fourth-order valence-electron chi connectivity index (χ4n) is 5.89. The fraction of sp³-hybridized carbons (Fsp3) is 0.119. The maximum Gasteiger partial charge on any atom is 0.673 e. The zero-order chi connectivity index (χ0) is 34.6. The Kier molecular flexibility index (Phi) is 12.4. The van der Waals surface area contributed by atoms with Crippen LogP contribution in [0.1, 0.15) is 48.4 Å². The molecule has 0 spiro atoms. The molecular formula is C42H37BBrF4N. The molecule has 0 amide bonds. The lowest BCUT2D eigenvalue weighted by Gasteiger charge is -2.18. The van der Waals surface area contributed by atoms with Crippen molar-refractivity contribution in [3.05, 3.63) is 185 Å². The van der Waals surface area contributed by atoms with Crippen molar-refractivity contribution in [2.45, 2.75) is 32.7 Å². The molecule has 49 heavy (non-hydrogen) atoms. The van der Waals surface area contributed by atoms with E-state index < -0.39 is 7.25 Å². The monoisotopic (exact) mass is 721 g/mol. The van der Waals surface area contributed by atoms with E-state index in [1.54, 1.807) is 0 Å². The first kappa shape index (κ1) is 35.6. The fourth-order valence-corrected chi connectivity index (χ4v) is 6.29. The summed E-state index contributed by atoms with van der Waals surface area (Å²) >= 11 is 3.68. The van der Waals surface area contributed by atoms with Gasteiger partial charge in [0.2, 0.25) is 5.69 Å². The number of nitrogens with zero attached hydrogens (tertiary/aromatic N) is 1. The highest BCUT2D eigenvalue weighted by atomic mass is 79.9. The Morgan fingerprint density at radius 3 is 1.49 bits per heavy atom. The third-order valence-corrected chi connectivity index (χ3v) is 8.60. The molecule has 5 aromatic carbocycles. The molecule has 6 aromatic rings. The lowest BCUT2D eigenvalue weighted by molar-refractivity contribution is -0.686. The molecule has 1 nitrogen and oxygen atoms in total. The molecule has 1 heterocycles. The maximum atomic E-state index is 9.75. The minimum absolute atomic E-state index is 1.02. The number of pyridine rings is 1. The highest BCUT2D eigenvalue weighted by Gasteiger charge is 2.21. The summed E-state index contributed by atoms with van der Waals surface area (Å²) in [5.74, 6) is 0. The molecule has 0 bridgehead atoms.